The Morgan fingerprint density at radius 3 is 2.18 bits per heavy atom. The van der Waals surface area contributed by atoms with Crippen LogP contribution >= 0.6 is 0 Å². The maximum Gasteiger partial charge on any atom is 0.184 e. The Labute approximate surface area is 167 Å². The molecule has 1 aliphatic heterocycles. The number of ether oxygens (including phenoxy) is 2. The van der Waals surface area contributed by atoms with Crippen molar-refractivity contribution in [1.82, 2.24) is 0 Å². The molecule has 2 aliphatic rings. The van der Waals surface area contributed by atoms with Gasteiger partial charge in [0.1, 0.15) is 23.3 Å². The monoisotopic (exact) mass is 391 g/mol. The number of halogens is 2. The van der Waals surface area contributed by atoms with Crippen molar-refractivity contribution in [3.63, 3.8) is 0 Å². The highest BCUT2D eigenvalue weighted by molar-refractivity contribution is 5.35. The van der Waals surface area contributed by atoms with E-state index < -0.39 is 23.5 Å². The second kappa shape index (κ2) is 10.3. The smallest absolute Gasteiger partial charge is 0.184 e. The molecule has 0 amide bonds. The summed E-state index contributed by atoms with van der Waals surface area (Å²) < 4.78 is 39.2. The predicted octanol–water partition coefficient (Wildman–Crippen LogP) is 6.27. The van der Waals surface area contributed by atoms with Gasteiger partial charge in [0.2, 0.25) is 0 Å². The lowest BCUT2D eigenvalue weighted by Crippen LogP contribution is -2.34. The van der Waals surface area contributed by atoms with E-state index in [1.807, 2.05) is 0 Å². The molecule has 0 bridgehead atoms. The molecule has 1 aromatic carbocycles. The minimum absolute atomic E-state index is 0.295. The molecule has 0 atom stereocenters. The fourth-order valence-electron chi connectivity index (χ4n) is 4.63. The third-order valence-electron chi connectivity index (χ3n) is 6.40. The summed E-state index contributed by atoms with van der Waals surface area (Å²) in [5, 5.41) is 8.78. The quantitative estimate of drug-likeness (QED) is 0.514. The van der Waals surface area contributed by atoms with Gasteiger partial charge in [0.15, 0.2) is 6.29 Å². The normalized spacial score (nSPS) is 28.1. The van der Waals surface area contributed by atoms with E-state index in [0.717, 1.165) is 18.1 Å². The second-order valence-electron chi connectivity index (χ2n) is 8.36. The van der Waals surface area contributed by atoms with Crippen LogP contribution in [0.25, 0.3) is 0 Å². The van der Waals surface area contributed by atoms with E-state index in [1.54, 1.807) is 0 Å². The van der Waals surface area contributed by atoms with E-state index in [0.29, 0.717) is 30.6 Å². The highest BCUT2D eigenvalue weighted by atomic mass is 19.1. The standard InChI is InChI=1S/C23H31F2NO2/c1-2-3-4-5-6-16-7-9-17(10-8-16)19-14-27-23(28-15-19)18-11-21(24)20(13-26)22(25)12-18/h11-12,16-17,19,23H,2-10,14-15H2,1H3/t16-,17-,19-,23-. The van der Waals surface area contributed by atoms with E-state index in [2.05, 4.69) is 6.92 Å². The lowest BCUT2D eigenvalue weighted by atomic mass is 9.74. The second-order valence-corrected chi connectivity index (χ2v) is 8.36. The molecule has 1 saturated carbocycles. The van der Waals surface area contributed by atoms with E-state index in [9.17, 15) is 8.78 Å². The van der Waals surface area contributed by atoms with E-state index >= 15 is 0 Å². The Bertz CT molecular complexity index is 649. The number of hydrogen-bond donors (Lipinski definition) is 0. The Kier molecular flexibility index (Phi) is 7.82. The van der Waals surface area contributed by atoms with Crippen LogP contribution in [0.4, 0.5) is 8.78 Å². The number of rotatable bonds is 7. The van der Waals surface area contributed by atoms with Crippen LogP contribution < -0.4 is 0 Å². The van der Waals surface area contributed by atoms with Crippen LogP contribution in [-0.2, 0) is 9.47 Å². The molecule has 3 rings (SSSR count). The van der Waals surface area contributed by atoms with E-state index in [4.69, 9.17) is 14.7 Å². The lowest BCUT2D eigenvalue weighted by molar-refractivity contribution is -0.215. The SMILES string of the molecule is CCCCCC[C@H]1CC[C@H]([C@H]2CO[C@H](c3cc(F)c(C#N)c(F)c3)OC2)CC1. The number of hydrogen-bond acceptors (Lipinski definition) is 3. The first-order valence-corrected chi connectivity index (χ1v) is 10.7. The zero-order chi connectivity index (χ0) is 19.9. The molecule has 3 nitrogen and oxygen atoms in total. The average molecular weight is 392 g/mol. The molecular formula is C23H31F2NO2. The summed E-state index contributed by atoms with van der Waals surface area (Å²) >= 11 is 0. The number of nitrogens with zero attached hydrogens (tertiary/aromatic N) is 1. The summed E-state index contributed by atoms with van der Waals surface area (Å²) in [6.07, 6.45) is 11.0. The van der Waals surface area contributed by atoms with Crippen molar-refractivity contribution in [3.05, 3.63) is 34.9 Å². The molecule has 0 aromatic heterocycles. The van der Waals surface area contributed by atoms with Crippen molar-refractivity contribution in [2.75, 3.05) is 13.2 Å². The Morgan fingerprint density at radius 2 is 1.61 bits per heavy atom. The largest absolute Gasteiger partial charge is 0.348 e. The maximum atomic E-state index is 13.8. The van der Waals surface area contributed by atoms with Crippen LogP contribution in [-0.4, -0.2) is 13.2 Å². The van der Waals surface area contributed by atoms with Gasteiger partial charge in [-0.15, -0.1) is 0 Å². The van der Waals surface area contributed by atoms with Crippen molar-refractivity contribution in [2.45, 2.75) is 71.0 Å². The van der Waals surface area contributed by atoms with Crippen LogP contribution in [0.1, 0.15) is 82.1 Å². The first kappa shape index (κ1) is 21.2. The van der Waals surface area contributed by atoms with Gasteiger partial charge in [0.05, 0.1) is 13.2 Å². The zero-order valence-electron chi connectivity index (χ0n) is 16.8. The van der Waals surface area contributed by atoms with Crippen LogP contribution in [0.15, 0.2) is 12.1 Å². The van der Waals surface area contributed by atoms with Crippen LogP contribution in [0.2, 0.25) is 0 Å². The summed E-state index contributed by atoms with van der Waals surface area (Å²) in [5.74, 6) is 0.0942. The van der Waals surface area contributed by atoms with Crippen LogP contribution in [0, 0.1) is 40.7 Å². The average Bonchev–Trinajstić information content (AvgIpc) is 2.72. The molecule has 1 aromatic rings. The molecule has 28 heavy (non-hydrogen) atoms. The summed E-state index contributed by atoms with van der Waals surface area (Å²) in [6, 6.07) is 3.81. The van der Waals surface area contributed by atoms with Gasteiger partial charge < -0.3 is 9.47 Å². The van der Waals surface area contributed by atoms with E-state index in [-0.39, 0.29) is 0 Å². The number of benzene rings is 1. The van der Waals surface area contributed by atoms with E-state index in [1.165, 1.54) is 63.9 Å². The summed E-state index contributed by atoms with van der Waals surface area (Å²) in [7, 11) is 0. The summed E-state index contributed by atoms with van der Waals surface area (Å²) in [6.45, 7) is 3.36. The molecular weight excluding hydrogens is 360 g/mol. The fourth-order valence-corrected chi connectivity index (χ4v) is 4.63. The molecule has 0 N–H and O–H groups in total. The predicted molar refractivity (Wildman–Crippen MR) is 103 cm³/mol. The molecule has 2 fully saturated rings. The third kappa shape index (κ3) is 5.30. The van der Waals surface area contributed by atoms with Gasteiger partial charge >= 0.3 is 0 Å². The van der Waals surface area contributed by atoms with Crippen molar-refractivity contribution in [2.24, 2.45) is 17.8 Å². The number of nitriles is 1. The van der Waals surface area contributed by atoms with Gasteiger partial charge in [-0.05, 0) is 36.8 Å². The Morgan fingerprint density at radius 1 is 0.964 bits per heavy atom. The third-order valence-corrected chi connectivity index (χ3v) is 6.40. The van der Waals surface area contributed by atoms with Crippen molar-refractivity contribution < 1.29 is 18.3 Å². The minimum atomic E-state index is -0.871. The highest BCUT2D eigenvalue weighted by Crippen LogP contribution is 2.39. The first-order chi connectivity index (χ1) is 13.6. The van der Waals surface area contributed by atoms with Gasteiger partial charge in [-0.2, -0.15) is 5.26 Å². The molecule has 5 heteroatoms. The minimum Gasteiger partial charge on any atom is -0.348 e. The van der Waals surface area contributed by atoms with Crippen molar-refractivity contribution in [3.8, 4) is 6.07 Å². The van der Waals surface area contributed by atoms with Crippen molar-refractivity contribution >= 4 is 0 Å². The van der Waals surface area contributed by atoms with Gasteiger partial charge in [0, 0.05) is 11.5 Å². The summed E-state index contributed by atoms with van der Waals surface area (Å²) in [5.41, 5.74) is -0.271. The maximum absolute atomic E-state index is 13.8. The van der Waals surface area contributed by atoms with Gasteiger partial charge in [0.25, 0.3) is 0 Å². The van der Waals surface area contributed by atoms with Gasteiger partial charge in [-0.25, -0.2) is 8.78 Å². The molecule has 0 spiro atoms. The van der Waals surface area contributed by atoms with Gasteiger partial charge in [-0.3, -0.25) is 0 Å². The lowest BCUT2D eigenvalue weighted by Gasteiger charge is -2.38. The molecule has 1 saturated heterocycles. The molecule has 0 radical (unpaired) electrons. The first-order valence-electron chi connectivity index (χ1n) is 10.7. The molecule has 1 heterocycles. The van der Waals surface area contributed by atoms with Gasteiger partial charge in [-0.1, -0.05) is 51.9 Å². The molecule has 154 valence electrons. The fraction of sp³-hybridized carbons (Fsp3) is 0.696. The van der Waals surface area contributed by atoms with Crippen LogP contribution in [0.3, 0.4) is 0 Å². The Balaban J connectivity index is 1.44. The zero-order valence-corrected chi connectivity index (χ0v) is 16.8. The van der Waals surface area contributed by atoms with Crippen LogP contribution in [0.5, 0.6) is 0 Å². The van der Waals surface area contributed by atoms with Crippen molar-refractivity contribution in [1.29, 1.82) is 5.26 Å². The highest BCUT2D eigenvalue weighted by Gasteiger charge is 2.32. The molecule has 1 aliphatic carbocycles. The topological polar surface area (TPSA) is 42.2 Å². The summed E-state index contributed by atoms with van der Waals surface area (Å²) in [4.78, 5) is 0. The number of unbranched alkanes of at least 4 members (excludes halogenated alkanes) is 3. The Hall–Kier alpha value is -1.51. The molecule has 0 unspecified atom stereocenters.